The number of fused-ring (bicyclic) bond motifs is 1. The third-order valence-electron chi connectivity index (χ3n) is 4.21. The minimum Gasteiger partial charge on any atom is -0.271 e. The summed E-state index contributed by atoms with van der Waals surface area (Å²) in [6.07, 6.45) is 2.76. The van der Waals surface area contributed by atoms with Gasteiger partial charge in [0.05, 0.1) is 21.8 Å². The number of hydrogen-bond acceptors (Lipinski definition) is 1. The monoisotopic (exact) mass is 308 g/mol. The minimum atomic E-state index is 0.0715. The van der Waals surface area contributed by atoms with Gasteiger partial charge >= 0.3 is 0 Å². The molecule has 0 amide bonds. The Labute approximate surface area is 129 Å². The molecule has 0 N–H and O–H groups in total. The predicted molar refractivity (Wildman–Crippen MR) is 83.5 cm³/mol. The first-order valence-corrected chi connectivity index (χ1v) is 7.85. The van der Waals surface area contributed by atoms with Crippen LogP contribution in [-0.4, -0.2) is 9.78 Å². The number of halogens is 2. The fourth-order valence-electron chi connectivity index (χ4n) is 3.09. The summed E-state index contributed by atoms with van der Waals surface area (Å²) in [5.41, 5.74) is 4.72. The molecule has 0 saturated heterocycles. The average molecular weight is 309 g/mol. The molecule has 0 aliphatic heterocycles. The topological polar surface area (TPSA) is 17.8 Å². The van der Waals surface area contributed by atoms with E-state index in [2.05, 4.69) is 36.3 Å². The molecule has 2 nitrogen and oxygen atoms in total. The van der Waals surface area contributed by atoms with Crippen molar-refractivity contribution in [2.45, 2.75) is 31.6 Å². The zero-order chi connectivity index (χ0) is 14.3. The van der Waals surface area contributed by atoms with Crippen LogP contribution in [0.25, 0.3) is 0 Å². The highest BCUT2D eigenvalue weighted by Gasteiger charge is 2.32. The molecule has 106 valence electrons. The van der Waals surface area contributed by atoms with Crippen LogP contribution >= 0.6 is 23.2 Å². The van der Waals surface area contributed by atoms with Crippen molar-refractivity contribution in [3.05, 3.63) is 51.8 Å². The summed E-state index contributed by atoms with van der Waals surface area (Å²) in [4.78, 5) is 0. The smallest absolute Gasteiger partial charge is 0.0849 e. The maximum atomic E-state index is 6.63. The molecule has 1 aliphatic carbocycles. The molecule has 4 heteroatoms. The zero-order valence-electron chi connectivity index (χ0n) is 11.7. The Morgan fingerprint density at radius 2 is 2.10 bits per heavy atom. The van der Waals surface area contributed by atoms with Gasteiger partial charge in [0, 0.05) is 7.05 Å². The van der Waals surface area contributed by atoms with E-state index in [1.54, 1.807) is 0 Å². The Balaban J connectivity index is 1.86. The number of aryl methyl sites for hydroxylation is 2. The van der Waals surface area contributed by atoms with Gasteiger partial charge in [-0.25, -0.2) is 0 Å². The lowest BCUT2D eigenvalue weighted by molar-refractivity contribution is 0.518. The molecule has 2 atom stereocenters. The number of hydrogen-bond donors (Lipinski definition) is 0. The highest BCUT2D eigenvalue weighted by atomic mass is 35.5. The molecule has 1 aromatic heterocycles. The van der Waals surface area contributed by atoms with Crippen molar-refractivity contribution in [3.8, 4) is 0 Å². The van der Waals surface area contributed by atoms with Gasteiger partial charge in [0.2, 0.25) is 0 Å². The second-order valence-corrected chi connectivity index (χ2v) is 6.30. The summed E-state index contributed by atoms with van der Waals surface area (Å²) < 4.78 is 1.91. The van der Waals surface area contributed by atoms with E-state index in [0.717, 1.165) is 35.7 Å². The first-order chi connectivity index (χ1) is 9.61. The summed E-state index contributed by atoms with van der Waals surface area (Å²) in [5.74, 6) is 0.395. The third kappa shape index (κ3) is 2.25. The number of rotatable bonds is 3. The van der Waals surface area contributed by atoms with Crippen molar-refractivity contribution < 1.29 is 0 Å². The second kappa shape index (κ2) is 5.42. The molecule has 0 spiro atoms. The van der Waals surface area contributed by atoms with E-state index in [9.17, 15) is 0 Å². The van der Waals surface area contributed by atoms with Crippen molar-refractivity contribution >= 4 is 23.2 Å². The van der Waals surface area contributed by atoms with Gasteiger partial charge in [0.15, 0.2) is 0 Å². The molecular weight excluding hydrogens is 291 g/mol. The maximum Gasteiger partial charge on any atom is 0.0849 e. The van der Waals surface area contributed by atoms with Crippen LogP contribution in [0, 0.1) is 5.92 Å². The van der Waals surface area contributed by atoms with Crippen LogP contribution in [0.3, 0.4) is 0 Å². The summed E-state index contributed by atoms with van der Waals surface area (Å²) in [6, 6.07) is 8.45. The van der Waals surface area contributed by atoms with Gasteiger partial charge in [-0.3, -0.25) is 4.68 Å². The van der Waals surface area contributed by atoms with Crippen molar-refractivity contribution in [3.63, 3.8) is 0 Å². The summed E-state index contributed by atoms with van der Waals surface area (Å²) >= 11 is 13.1. The summed E-state index contributed by atoms with van der Waals surface area (Å²) in [6.45, 7) is 2.08. The van der Waals surface area contributed by atoms with Gasteiger partial charge in [-0.05, 0) is 36.3 Å². The molecular formula is C16H18Cl2N2. The first-order valence-electron chi connectivity index (χ1n) is 7.04. The molecule has 1 heterocycles. The van der Waals surface area contributed by atoms with Gasteiger partial charge in [-0.2, -0.15) is 5.10 Å². The molecule has 2 aromatic rings. The largest absolute Gasteiger partial charge is 0.271 e. The first kappa shape index (κ1) is 14.0. The van der Waals surface area contributed by atoms with Crippen LogP contribution in [-0.2, 0) is 26.3 Å². The van der Waals surface area contributed by atoms with Gasteiger partial charge < -0.3 is 0 Å². The van der Waals surface area contributed by atoms with Crippen LogP contribution < -0.4 is 0 Å². The fraction of sp³-hybridized carbons (Fsp3) is 0.438. The Morgan fingerprint density at radius 3 is 2.75 bits per heavy atom. The van der Waals surface area contributed by atoms with Crippen LogP contribution in [0.15, 0.2) is 24.3 Å². The van der Waals surface area contributed by atoms with E-state index in [4.69, 9.17) is 23.2 Å². The minimum absolute atomic E-state index is 0.0715. The van der Waals surface area contributed by atoms with Gasteiger partial charge in [0.1, 0.15) is 0 Å². The van der Waals surface area contributed by atoms with Gasteiger partial charge in [-0.1, -0.05) is 42.8 Å². The summed E-state index contributed by atoms with van der Waals surface area (Å²) in [5, 5.41) is 5.37. The van der Waals surface area contributed by atoms with E-state index in [0.29, 0.717) is 5.92 Å². The van der Waals surface area contributed by atoms with Crippen molar-refractivity contribution in [2.24, 2.45) is 13.0 Å². The van der Waals surface area contributed by atoms with Crippen molar-refractivity contribution in [1.29, 1.82) is 0 Å². The molecule has 0 fully saturated rings. The zero-order valence-corrected chi connectivity index (χ0v) is 13.2. The van der Waals surface area contributed by atoms with E-state index < -0.39 is 0 Å². The van der Waals surface area contributed by atoms with Gasteiger partial charge in [0.25, 0.3) is 0 Å². The lowest BCUT2D eigenvalue weighted by Gasteiger charge is -2.14. The van der Waals surface area contributed by atoms with Crippen LogP contribution in [0.4, 0.5) is 0 Å². The quantitative estimate of drug-likeness (QED) is 0.772. The van der Waals surface area contributed by atoms with E-state index in [1.165, 1.54) is 11.1 Å². The lowest BCUT2D eigenvalue weighted by atomic mass is 9.99. The molecule has 0 bridgehead atoms. The highest BCUT2D eigenvalue weighted by Crippen LogP contribution is 2.43. The Kier molecular flexibility index (Phi) is 3.78. The Morgan fingerprint density at radius 1 is 1.35 bits per heavy atom. The molecule has 1 aliphatic rings. The highest BCUT2D eigenvalue weighted by molar-refractivity contribution is 6.31. The molecule has 0 radical (unpaired) electrons. The Bertz CT molecular complexity index is 633. The van der Waals surface area contributed by atoms with Gasteiger partial charge in [-0.15, -0.1) is 11.6 Å². The normalized spacial score (nSPS) is 21.2. The summed E-state index contributed by atoms with van der Waals surface area (Å²) in [7, 11) is 1.96. The number of aromatic nitrogens is 2. The molecule has 0 saturated carbocycles. The number of benzene rings is 1. The average Bonchev–Trinajstić information content (AvgIpc) is 2.91. The van der Waals surface area contributed by atoms with E-state index in [-0.39, 0.29) is 5.38 Å². The molecule has 3 rings (SSSR count). The predicted octanol–water partition coefficient (Wildman–Crippen LogP) is 4.33. The third-order valence-corrected chi connectivity index (χ3v) is 5.23. The van der Waals surface area contributed by atoms with Crippen molar-refractivity contribution in [1.82, 2.24) is 9.78 Å². The van der Waals surface area contributed by atoms with Crippen molar-refractivity contribution in [2.75, 3.05) is 0 Å². The standard InChI is InChI=1S/C16H18Cl2N2/c1-3-13-16(18)14(20(2)19-13)9-11-8-10-6-4-5-7-12(10)15(11)17/h4-7,11,15H,3,8-9H2,1-2H3. The number of nitrogens with zero attached hydrogens (tertiary/aromatic N) is 2. The molecule has 20 heavy (non-hydrogen) atoms. The van der Waals surface area contributed by atoms with E-state index >= 15 is 0 Å². The second-order valence-electron chi connectivity index (χ2n) is 5.45. The molecule has 1 aromatic carbocycles. The fourth-order valence-corrected chi connectivity index (χ4v) is 3.86. The van der Waals surface area contributed by atoms with E-state index in [1.807, 2.05) is 11.7 Å². The molecule has 2 unspecified atom stereocenters. The van der Waals surface area contributed by atoms with Crippen LogP contribution in [0.2, 0.25) is 5.02 Å². The maximum absolute atomic E-state index is 6.63. The SMILES string of the molecule is CCc1nn(C)c(CC2Cc3ccccc3C2Cl)c1Cl. The Hall–Kier alpha value is -0.990. The van der Waals surface area contributed by atoms with Crippen LogP contribution in [0.1, 0.15) is 34.8 Å². The van der Waals surface area contributed by atoms with Crippen LogP contribution in [0.5, 0.6) is 0 Å². The lowest BCUT2D eigenvalue weighted by Crippen LogP contribution is -2.10. The number of alkyl halides is 1.